The fourth-order valence-corrected chi connectivity index (χ4v) is 3.01. The Labute approximate surface area is 110 Å². The first-order valence-corrected chi connectivity index (χ1v) is 6.91. The third-order valence-corrected chi connectivity index (χ3v) is 4.46. The Morgan fingerprint density at radius 3 is 2.50 bits per heavy atom. The minimum Gasteiger partial charge on any atom is -0.271 e. The molecule has 0 heterocycles. The highest BCUT2D eigenvalue weighted by Gasteiger charge is 2.44. The molecule has 0 spiro atoms. The minimum absolute atomic E-state index is 0.216. The van der Waals surface area contributed by atoms with Crippen LogP contribution in [0.4, 0.5) is 0 Å². The molecule has 1 aromatic rings. The fourth-order valence-electron chi connectivity index (χ4n) is 3.01. The van der Waals surface area contributed by atoms with E-state index < -0.39 is 0 Å². The van der Waals surface area contributed by atoms with E-state index in [9.17, 15) is 0 Å². The van der Waals surface area contributed by atoms with Gasteiger partial charge in [0.25, 0.3) is 0 Å². The lowest BCUT2D eigenvalue weighted by molar-refractivity contribution is 0.168. The van der Waals surface area contributed by atoms with Crippen LogP contribution >= 0.6 is 0 Å². The zero-order valence-electron chi connectivity index (χ0n) is 11.3. The highest BCUT2D eigenvalue weighted by Crippen LogP contribution is 2.47. The normalized spacial score (nSPS) is 19.0. The predicted octanol–water partition coefficient (Wildman–Crippen LogP) is 3.30. The van der Waals surface area contributed by atoms with Crippen LogP contribution in [0.25, 0.3) is 0 Å². The van der Waals surface area contributed by atoms with Crippen LogP contribution < -0.4 is 11.3 Å². The number of hydrogen-bond donors (Lipinski definition) is 2. The van der Waals surface area contributed by atoms with Gasteiger partial charge in [0.1, 0.15) is 0 Å². The van der Waals surface area contributed by atoms with Gasteiger partial charge in [0.15, 0.2) is 0 Å². The zero-order chi connectivity index (χ0) is 13.0. The van der Waals surface area contributed by atoms with Gasteiger partial charge in [0.2, 0.25) is 0 Å². The van der Waals surface area contributed by atoms with Gasteiger partial charge in [0, 0.05) is 11.5 Å². The smallest absolute Gasteiger partial charge is 0.0344 e. The molecular formula is C16H24N2. The van der Waals surface area contributed by atoms with E-state index in [1.165, 1.54) is 30.4 Å². The first kappa shape index (κ1) is 13.3. The summed E-state index contributed by atoms with van der Waals surface area (Å²) < 4.78 is 0. The van der Waals surface area contributed by atoms with E-state index in [2.05, 4.69) is 49.3 Å². The molecule has 0 radical (unpaired) electrons. The van der Waals surface area contributed by atoms with Crippen LogP contribution in [0.5, 0.6) is 0 Å². The predicted molar refractivity (Wildman–Crippen MR) is 77.1 cm³/mol. The maximum Gasteiger partial charge on any atom is 0.0344 e. The lowest BCUT2D eigenvalue weighted by Crippen LogP contribution is -2.55. The second-order valence-electron chi connectivity index (χ2n) is 5.40. The molecule has 98 valence electrons. The molecule has 1 atom stereocenters. The molecule has 1 aromatic carbocycles. The molecule has 0 bridgehead atoms. The Hall–Kier alpha value is -1.12. The number of rotatable bonds is 6. The summed E-state index contributed by atoms with van der Waals surface area (Å²) in [6, 6.07) is 11.1. The van der Waals surface area contributed by atoms with Gasteiger partial charge in [-0.3, -0.25) is 11.3 Å². The van der Waals surface area contributed by atoms with Gasteiger partial charge in [0.05, 0.1) is 0 Å². The van der Waals surface area contributed by atoms with Crippen molar-refractivity contribution in [2.45, 2.75) is 50.5 Å². The molecule has 0 aliphatic heterocycles. The first-order chi connectivity index (χ1) is 8.73. The van der Waals surface area contributed by atoms with Crippen LogP contribution in [0.1, 0.15) is 44.6 Å². The standard InChI is InChI=1S/C16H24N2/c1-3-13(2)12-15(18-17)16(10-7-11-16)14-8-5-4-6-9-14/h4-6,8-9,15,18H,2-3,7,10-12,17H2,1H3. The van der Waals surface area contributed by atoms with Gasteiger partial charge in [-0.15, -0.1) is 0 Å². The largest absolute Gasteiger partial charge is 0.271 e. The number of benzene rings is 1. The summed E-state index contributed by atoms with van der Waals surface area (Å²) >= 11 is 0. The van der Waals surface area contributed by atoms with E-state index in [-0.39, 0.29) is 5.41 Å². The molecular weight excluding hydrogens is 220 g/mol. The maximum absolute atomic E-state index is 5.82. The average molecular weight is 244 g/mol. The second kappa shape index (κ2) is 5.68. The summed E-state index contributed by atoms with van der Waals surface area (Å²) in [7, 11) is 0. The van der Waals surface area contributed by atoms with Crippen molar-refractivity contribution < 1.29 is 0 Å². The van der Waals surface area contributed by atoms with Crippen molar-refractivity contribution in [1.29, 1.82) is 0 Å². The molecule has 18 heavy (non-hydrogen) atoms. The summed E-state index contributed by atoms with van der Waals surface area (Å²) in [6.45, 7) is 6.29. The molecule has 2 nitrogen and oxygen atoms in total. The molecule has 0 saturated heterocycles. The van der Waals surface area contributed by atoms with Gasteiger partial charge >= 0.3 is 0 Å². The van der Waals surface area contributed by atoms with E-state index >= 15 is 0 Å². The van der Waals surface area contributed by atoms with Gasteiger partial charge in [-0.2, -0.15) is 0 Å². The van der Waals surface area contributed by atoms with Crippen molar-refractivity contribution in [3.8, 4) is 0 Å². The van der Waals surface area contributed by atoms with Crippen LogP contribution in [-0.2, 0) is 5.41 Å². The molecule has 0 aromatic heterocycles. The molecule has 1 fully saturated rings. The SMILES string of the molecule is C=C(CC)CC(NN)C1(c2ccccc2)CCC1. The maximum atomic E-state index is 5.82. The van der Waals surface area contributed by atoms with Gasteiger partial charge in [-0.05, 0) is 31.2 Å². The Morgan fingerprint density at radius 2 is 2.06 bits per heavy atom. The third-order valence-electron chi connectivity index (χ3n) is 4.46. The average Bonchev–Trinajstić information content (AvgIpc) is 2.37. The monoisotopic (exact) mass is 244 g/mol. The fraction of sp³-hybridized carbons (Fsp3) is 0.500. The molecule has 1 saturated carbocycles. The van der Waals surface area contributed by atoms with Crippen molar-refractivity contribution in [2.75, 3.05) is 0 Å². The van der Waals surface area contributed by atoms with E-state index in [1.54, 1.807) is 0 Å². The first-order valence-electron chi connectivity index (χ1n) is 6.91. The molecule has 1 aliphatic rings. The summed E-state index contributed by atoms with van der Waals surface area (Å²) in [5.74, 6) is 5.82. The van der Waals surface area contributed by atoms with Crippen molar-refractivity contribution >= 4 is 0 Å². The molecule has 0 amide bonds. The third kappa shape index (κ3) is 2.36. The van der Waals surface area contributed by atoms with Crippen molar-refractivity contribution in [2.24, 2.45) is 5.84 Å². The number of hydrogen-bond acceptors (Lipinski definition) is 2. The zero-order valence-corrected chi connectivity index (χ0v) is 11.3. The van der Waals surface area contributed by atoms with E-state index in [0.717, 1.165) is 12.8 Å². The Bertz CT molecular complexity index is 393. The molecule has 2 rings (SSSR count). The Balaban J connectivity index is 2.23. The summed E-state index contributed by atoms with van der Waals surface area (Å²) in [5.41, 5.74) is 5.96. The van der Waals surface area contributed by atoms with Crippen LogP contribution in [0.2, 0.25) is 0 Å². The van der Waals surface area contributed by atoms with E-state index in [4.69, 9.17) is 5.84 Å². The van der Waals surface area contributed by atoms with Crippen molar-refractivity contribution in [3.05, 3.63) is 48.0 Å². The lowest BCUT2D eigenvalue weighted by Gasteiger charge is -2.48. The van der Waals surface area contributed by atoms with Crippen molar-refractivity contribution in [3.63, 3.8) is 0 Å². The van der Waals surface area contributed by atoms with Crippen LogP contribution in [0, 0.1) is 0 Å². The Kier molecular flexibility index (Phi) is 4.20. The summed E-state index contributed by atoms with van der Waals surface area (Å²) in [6.07, 6.45) is 5.75. The van der Waals surface area contributed by atoms with E-state index in [1.807, 2.05) is 0 Å². The summed E-state index contributed by atoms with van der Waals surface area (Å²) in [5, 5.41) is 0. The molecule has 1 unspecified atom stereocenters. The Morgan fingerprint density at radius 1 is 1.39 bits per heavy atom. The van der Waals surface area contributed by atoms with Crippen LogP contribution in [-0.4, -0.2) is 6.04 Å². The quantitative estimate of drug-likeness (QED) is 0.458. The van der Waals surface area contributed by atoms with Gasteiger partial charge in [-0.25, -0.2) is 0 Å². The van der Waals surface area contributed by atoms with E-state index in [0.29, 0.717) is 6.04 Å². The van der Waals surface area contributed by atoms with Crippen LogP contribution in [0.3, 0.4) is 0 Å². The topological polar surface area (TPSA) is 38.0 Å². The minimum atomic E-state index is 0.216. The number of hydrazine groups is 1. The van der Waals surface area contributed by atoms with Gasteiger partial charge in [-0.1, -0.05) is 55.8 Å². The van der Waals surface area contributed by atoms with Crippen LogP contribution in [0.15, 0.2) is 42.5 Å². The summed E-state index contributed by atoms with van der Waals surface area (Å²) in [4.78, 5) is 0. The number of nitrogens with two attached hydrogens (primary N) is 1. The molecule has 1 aliphatic carbocycles. The molecule has 2 heteroatoms. The van der Waals surface area contributed by atoms with Crippen molar-refractivity contribution in [1.82, 2.24) is 5.43 Å². The van der Waals surface area contributed by atoms with Gasteiger partial charge < -0.3 is 0 Å². The highest BCUT2D eigenvalue weighted by atomic mass is 15.2. The molecule has 3 N–H and O–H groups in total. The number of nitrogens with one attached hydrogen (secondary N) is 1. The second-order valence-corrected chi connectivity index (χ2v) is 5.40. The highest BCUT2D eigenvalue weighted by molar-refractivity contribution is 5.31. The lowest BCUT2D eigenvalue weighted by atomic mass is 9.59.